The van der Waals surface area contributed by atoms with Crippen LogP contribution in [0.4, 0.5) is 0 Å². The van der Waals surface area contributed by atoms with Crippen molar-refractivity contribution in [1.29, 1.82) is 0 Å². The molecular formula is C13H26IN3. The molecule has 1 heterocycles. The zero-order chi connectivity index (χ0) is 11.4. The van der Waals surface area contributed by atoms with E-state index in [0.717, 1.165) is 25.6 Å². The maximum Gasteiger partial charge on any atom is 0.191 e. The Bertz CT molecular complexity index is 250. The van der Waals surface area contributed by atoms with E-state index in [2.05, 4.69) is 16.8 Å². The van der Waals surface area contributed by atoms with E-state index in [9.17, 15) is 0 Å². The van der Waals surface area contributed by atoms with Crippen molar-refractivity contribution >= 4 is 29.9 Å². The number of hydrogen-bond acceptors (Lipinski definition) is 1. The molecule has 0 spiro atoms. The van der Waals surface area contributed by atoms with E-state index in [1.54, 1.807) is 0 Å². The minimum absolute atomic E-state index is 0. The highest BCUT2D eigenvalue weighted by atomic mass is 127. The van der Waals surface area contributed by atoms with Crippen molar-refractivity contribution in [3.05, 3.63) is 0 Å². The molecule has 2 aliphatic rings. The molecule has 1 saturated heterocycles. The van der Waals surface area contributed by atoms with E-state index in [-0.39, 0.29) is 24.0 Å². The number of nitrogens with zero attached hydrogens (tertiary/aromatic N) is 2. The molecule has 0 amide bonds. The Morgan fingerprint density at radius 1 is 1.18 bits per heavy atom. The van der Waals surface area contributed by atoms with Crippen LogP contribution in [0.3, 0.4) is 0 Å². The van der Waals surface area contributed by atoms with Crippen molar-refractivity contribution in [2.45, 2.75) is 51.9 Å². The van der Waals surface area contributed by atoms with Crippen LogP contribution >= 0.6 is 24.0 Å². The predicted octanol–water partition coefficient (Wildman–Crippen LogP) is 2.99. The minimum atomic E-state index is 0. The first-order valence-corrected chi connectivity index (χ1v) is 6.81. The fraction of sp³-hybridized carbons (Fsp3) is 0.923. The molecule has 0 aromatic heterocycles. The predicted molar refractivity (Wildman–Crippen MR) is 83.9 cm³/mol. The molecule has 1 aliphatic carbocycles. The summed E-state index contributed by atoms with van der Waals surface area (Å²) >= 11 is 0. The van der Waals surface area contributed by atoms with Gasteiger partial charge in [-0.05, 0) is 43.9 Å². The lowest BCUT2D eigenvalue weighted by Gasteiger charge is -2.40. The Balaban J connectivity index is 0.00000144. The molecule has 0 aromatic carbocycles. The van der Waals surface area contributed by atoms with Gasteiger partial charge in [0, 0.05) is 19.6 Å². The summed E-state index contributed by atoms with van der Waals surface area (Å²) < 4.78 is 0. The third kappa shape index (κ3) is 3.73. The van der Waals surface area contributed by atoms with Crippen LogP contribution in [-0.2, 0) is 0 Å². The van der Waals surface area contributed by atoms with Crippen LogP contribution in [0.2, 0.25) is 0 Å². The zero-order valence-electron chi connectivity index (χ0n) is 11.0. The summed E-state index contributed by atoms with van der Waals surface area (Å²) in [7, 11) is 0. The molecule has 1 saturated carbocycles. The number of aliphatic imine (C=N–C) groups is 1. The Kier molecular flexibility index (Phi) is 6.03. The molecule has 0 unspecified atom stereocenters. The van der Waals surface area contributed by atoms with Gasteiger partial charge in [-0.15, -0.1) is 24.0 Å². The standard InChI is InChI=1S/C13H25N3.HI/c1-2-13(7-6-8-13)11-15-12(14)16-9-4-3-5-10-16;/h2-11H2,1H3,(H2,14,15);1H. The van der Waals surface area contributed by atoms with Gasteiger partial charge in [-0.1, -0.05) is 13.3 Å². The molecule has 0 radical (unpaired) electrons. The lowest BCUT2D eigenvalue weighted by Crippen LogP contribution is -2.42. The van der Waals surface area contributed by atoms with Crippen molar-refractivity contribution in [3.63, 3.8) is 0 Å². The highest BCUT2D eigenvalue weighted by Gasteiger charge is 2.34. The monoisotopic (exact) mass is 351 g/mol. The number of guanidine groups is 1. The molecule has 4 heteroatoms. The topological polar surface area (TPSA) is 41.6 Å². The normalized spacial score (nSPS) is 23.8. The zero-order valence-corrected chi connectivity index (χ0v) is 13.3. The molecule has 2 rings (SSSR count). The molecule has 100 valence electrons. The summed E-state index contributed by atoms with van der Waals surface area (Å²) in [5.74, 6) is 0.791. The van der Waals surface area contributed by atoms with Crippen molar-refractivity contribution < 1.29 is 0 Å². The fourth-order valence-corrected chi connectivity index (χ4v) is 2.77. The molecule has 2 N–H and O–H groups in total. The number of halogens is 1. The van der Waals surface area contributed by atoms with Gasteiger partial charge in [0.2, 0.25) is 0 Å². The van der Waals surface area contributed by atoms with E-state index < -0.39 is 0 Å². The van der Waals surface area contributed by atoms with Crippen molar-refractivity contribution in [3.8, 4) is 0 Å². The van der Waals surface area contributed by atoms with E-state index in [0.29, 0.717) is 5.41 Å². The molecule has 0 atom stereocenters. The van der Waals surface area contributed by atoms with Crippen LogP contribution in [0.1, 0.15) is 51.9 Å². The molecule has 17 heavy (non-hydrogen) atoms. The maximum absolute atomic E-state index is 6.07. The van der Waals surface area contributed by atoms with Gasteiger partial charge in [0.1, 0.15) is 0 Å². The van der Waals surface area contributed by atoms with Crippen LogP contribution in [-0.4, -0.2) is 30.5 Å². The summed E-state index contributed by atoms with van der Waals surface area (Å²) in [6.45, 7) is 5.44. The van der Waals surface area contributed by atoms with Crippen LogP contribution in [0, 0.1) is 5.41 Å². The van der Waals surface area contributed by atoms with Gasteiger partial charge in [0.25, 0.3) is 0 Å². The number of hydrogen-bond donors (Lipinski definition) is 1. The second-order valence-corrected chi connectivity index (χ2v) is 5.43. The van der Waals surface area contributed by atoms with E-state index in [1.807, 2.05) is 0 Å². The van der Waals surface area contributed by atoms with E-state index >= 15 is 0 Å². The van der Waals surface area contributed by atoms with Crippen molar-refractivity contribution in [2.75, 3.05) is 19.6 Å². The van der Waals surface area contributed by atoms with Crippen LogP contribution in [0.25, 0.3) is 0 Å². The second kappa shape index (κ2) is 6.81. The number of piperidine rings is 1. The lowest BCUT2D eigenvalue weighted by atomic mass is 9.67. The first kappa shape index (κ1) is 15.1. The molecular weight excluding hydrogens is 325 g/mol. The number of rotatable bonds is 3. The quantitative estimate of drug-likeness (QED) is 0.483. The Hall–Kier alpha value is 0. The Morgan fingerprint density at radius 3 is 2.29 bits per heavy atom. The summed E-state index contributed by atoms with van der Waals surface area (Å²) in [6.07, 6.45) is 9.23. The number of nitrogens with two attached hydrogens (primary N) is 1. The van der Waals surface area contributed by atoms with Gasteiger partial charge in [-0.3, -0.25) is 4.99 Å². The minimum Gasteiger partial charge on any atom is -0.370 e. The lowest BCUT2D eigenvalue weighted by molar-refractivity contribution is 0.138. The second-order valence-electron chi connectivity index (χ2n) is 5.43. The van der Waals surface area contributed by atoms with Gasteiger partial charge in [0.15, 0.2) is 5.96 Å². The molecule has 0 aromatic rings. The maximum atomic E-state index is 6.07. The van der Waals surface area contributed by atoms with Gasteiger partial charge in [-0.25, -0.2) is 0 Å². The summed E-state index contributed by atoms with van der Waals surface area (Å²) in [6, 6.07) is 0. The highest BCUT2D eigenvalue weighted by Crippen LogP contribution is 2.43. The van der Waals surface area contributed by atoms with Crippen LogP contribution < -0.4 is 5.73 Å². The van der Waals surface area contributed by atoms with E-state index in [4.69, 9.17) is 5.73 Å². The third-order valence-electron chi connectivity index (χ3n) is 4.42. The highest BCUT2D eigenvalue weighted by molar-refractivity contribution is 14.0. The Morgan fingerprint density at radius 2 is 1.82 bits per heavy atom. The SMILES string of the molecule is CCC1(CN=C(N)N2CCCCC2)CCC1.I. The first-order valence-electron chi connectivity index (χ1n) is 6.81. The van der Waals surface area contributed by atoms with Gasteiger partial charge >= 0.3 is 0 Å². The molecule has 0 bridgehead atoms. The largest absolute Gasteiger partial charge is 0.370 e. The van der Waals surface area contributed by atoms with E-state index in [1.165, 1.54) is 44.9 Å². The average Bonchev–Trinajstić information content (AvgIpc) is 2.29. The fourth-order valence-electron chi connectivity index (χ4n) is 2.77. The molecule has 3 nitrogen and oxygen atoms in total. The van der Waals surface area contributed by atoms with Crippen molar-refractivity contribution in [1.82, 2.24) is 4.90 Å². The van der Waals surface area contributed by atoms with Crippen LogP contribution in [0.15, 0.2) is 4.99 Å². The Labute approximate surface area is 122 Å². The molecule has 1 aliphatic heterocycles. The first-order chi connectivity index (χ1) is 7.76. The smallest absolute Gasteiger partial charge is 0.191 e. The third-order valence-corrected chi connectivity index (χ3v) is 4.42. The van der Waals surface area contributed by atoms with Gasteiger partial charge in [0.05, 0.1) is 0 Å². The van der Waals surface area contributed by atoms with Gasteiger partial charge in [-0.2, -0.15) is 0 Å². The van der Waals surface area contributed by atoms with Crippen molar-refractivity contribution in [2.24, 2.45) is 16.1 Å². The van der Waals surface area contributed by atoms with Crippen LogP contribution in [0.5, 0.6) is 0 Å². The average molecular weight is 351 g/mol. The summed E-state index contributed by atoms with van der Waals surface area (Å²) in [5.41, 5.74) is 6.57. The summed E-state index contributed by atoms with van der Waals surface area (Å²) in [4.78, 5) is 6.89. The number of likely N-dealkylation sites (tertiary alicyclic amines) is 1. The summed E-state index contributed by atoms with van der Waals surface area (Å²) in [5, 5.41) is 0. The molecule has 2 fully saturated rings. The van der Waals surface area contributed by atoms with Gasteiger partial charge < -0.3 is 10.6 Å².